The maximum atomic E-state index is 12.0. The molecule has 19 heavy (non-hydrogen) atoms. The largest absolute Gasteiger partial charge is 0.447 e. The first-order valence-electron chi connectivity index (χ1n) is 6.86. The van der Waals surface area contributed by atoms with Crippen LogP contribution in [0.1, 0.15) is 31.9 Å². The Kier molecular flexibility index (Phi) is 3.41. The number of nitrogens with one attached hydrogen (secondary N) is 2. The molecule has 1 aromatic rings. The molecule has 2 atom stereocenters. The first kappa shape index (κ1) is 13.1. The van der Waals surface area contributed by atoms with Crippen LogP contribution in [0.2, 0.25) is 0 Å². The number of hydrogen-bond donors (Lipinski definition) is 2. The third-order valence-electron chi connectivity index (χ3n) is 3.86. The smallest absolute Gasteiger partial charge is 0.273 e. The average Bonchev–Trinajstić information content (AvgIpc) is 3.26. The maximum absolute atomic E-state index is 12.0. The highest BCUT2D eigenvalue weighted by molar-refractivity contribution is 7.89. The van der Waals surface area contributed by atoms with Gasteiger partial charge in [0.25, 0.3) is 10.0 Å². The third-order valence-corrected chi connectivity index (χ3v) is 5.15. The Balaban J connectivity index is 1.56. The second-order valence-corrected chi connectivity index (χ2v) is 7.40. The minimum atomic E-state index is -3.49. The van der Waals surface area contributed by atoms with Crippen molar-refractivity contribution in [2.75, 3.05) is 6.54 Å². The van der Waals surface area contributed by atoms with Crippen molar-refractivity contribution in [3.8, 4) is 0 Å². The van der Waals surface area contributed by atoms with Crippen molar-refractivity contribution >= 4 is 10.0 Å². The van der Waals surface area contributed by atoms with E-state index < -0.39 is 10.0 Å². The Morgan fingerprint density at radius 2 is 2.11 bits per heavy atom. The quantitative estimate of drug-likeness (QED) is 0.795. The van der Waals surface area contributed by atoms with Gasteiger partial charge in [0.15, 0.2) is 0 Å². The van der Waals surface area contributed by atoms with Gasteiger partial charge in [0.1, 0.15) is 5.76 Å². The van der Waals surface area contributed by atoms with E-state index in [1.807, 2.05) is 0 Å². The lowest BCUT2D eigenvalue weighted by molar-refractivity contribution is 0.399. The molecule has 0 saturated heterocycles. The molecular weight excluding hydrogens is 264 g/mol. The summed E-state index contributed by atoms with van der Waals surface area (Å²) in [5.41, 5.74) is 0. The minimum absolute atomic E-state index is 0.0217. The van der Waals surface area contributed by atoms with Crippen molar-refractivity contribution in [2.24, 2.45) is 11.8 Å². The van der Waals surface area contributed by atoms with Gasteiger partial charge < -0.3 is 9.73 Å². The molecule has 1 heterocycles. The lowest BCUT2D eigenvalue weighted by Gasteiger charge is -2.03. The van der Waals surface area contributed by atoms with E-state index in [0.29, 0.717) is 36.7 Å². The minimum Gasteiger partial charge on any atom is -0.447 e. The molecule has 2 aliphatic rings. The van der Waals surface area contributed by atoms with Gasteiger partial charge in [0.05, 0.1) is 6.54 Å². The van der Waals surface area contributed by atoms with Crippen LogP contribution in [0.25, 0.3) is 0 Å². The van der Waals surface area contributed by atoms with Crippen molar-refractivity contribution in [1.82, 2.24) is 10.0 Å². The zero-order valence-electron chi connectivity index (χ0n) is 11.1. The van der Waals surface area contributed by atoms with Crippen LogP contribution < -0.4 is 10.0 Å². The van der Waals surface area contributed by atoms with Crippen LogP contribution in [0.4, 0.5) is 0 Å². The summed E-state index contributed by atoms with van der Waals surface area (Å²) in [5.74, 6) is 1.80. The van der Waals surface area contributed by atoms with Crippen molar-refractivity contribution in [2.45, 2.75) is 43.9 Å². The fraction of sp³-hybridized carbons (Fsp3) is 0.692. The van der Waals surface area contributed by atoms with Crippen LogP contribution >= 0.6 is 0 Å². The molecule has 1 aromatic heterocycles. The topological polar surface area (TPSA) is 71.3 Å². The molecule has 6 heteroatoms. The van der Waals surface area contributed by atoms with E-state index in [4.69, 9.17) is 4.42 Å². The maximum Gasteiger partial charge on any atom is 0.273 e. The van der Waals surface area contributed by atoms with Crippen LogP contribution in [-0.2, 0) is 16.6 Å². The predicted octanol–water partition coefficient (Wildman–Crippen LogP) is 1.47. The molecule has 0 spiro atoms. The van der Waals surface area contributed by atoms with Crippen molar-refractivity contribution < 1.29 is 12.8 Å². The van der Waals surface area contributed by atoms with E-state index in [9.17, 15) is 8.42 Å². The summed E-state index contributed by atoms with van der Waals surface area (Å²) in [5, 5.41) is 3.32. The number of rotatable bonds is 7. The van der Waals surface area contributed by atoms with Gasteiger partial charge in [0.2, 0.25) is 5.09 Å². The van der Waals surface area contributed by atoms with E-state index in [-0.39, 0.29) is 5.09 Å². The fourth-order valence-electron chi connectivity index (χ4n) is 2.10. The van der Waals surface area contributed by atoms with Crippen LogP contribution in [0, 0.1) is 11.8 Å². The standard InChI is InChI=1S/C13H20N2O3S/c1-9-6-10(9)7-15-19(16,17)13-5-4-12(18-13)8-14-11-2-3-11/h4-5,9-11,14-15H,2-3,6-8H2,1H3. The van der Waals surface area contributed by atoms with Crippen molar-refractivity contribution in [1.29, 1.82) is 0 Å². The molecule has 3 rings (SSSR count). The monoisotopic (exact) mass is 284 g/mol. The zero-order valence-corrected chi connectivity index (χ0v) is 11.9. The van der Waals surface area contributed by atoms with Gasteiger partial charge in [-0.25, -0.2) is 13.1 Å². The lowest BCUT2D eigenvalue weighted by atomic mass is 10.3. The van der Waals surface area contributed by atoms with Crippen LogP contribution in [-0.4, -0.2) is 21.0 Å². The van der Waals surface area contributed by atoms with Crippen LogP contribution in [0.3, 0.4) is 0 Å². The summed E-state index contributed by atoms with van der Waals surface area (Å²) in [7, 11) is -3.49. The highest BCUT2D eigenvalue weighted by Crippen LogP contribution is 2.37. The van der Waals surface area contributed by atoms with Crippen LogP contribution in [0.15, 0.2) is 21.6 Å². The molecule has 2 N–H and O–H groups in total. The molecule has 0 aromatic carbocycles. The van der Waals surface area contributed by atoms with Gasteiger partial charge in [-0.2, -0.15) is 0 Å². The molecule has 2 aliphatic carbocycles. The second kappa shape index (κ2) is 4.92. The van der Waals surface area contributed by atoms with Crippen LogP contribution in [0.5, 0.6) is 0 Å². The van der Waals surface area contributed by atoms with Crippen molar-refractivity contribution in [3.63, 3.8) is 0 Å². The van der Waals surface area contributed by atoms with E-state index in [0.717, 1.165) is 6.42 Å². The number of furan rings is 1. The lowest BCUT2D eigenvalue weighted by Crippen LogP contribution is -2.25. The first-order chi connectivity index (χ1) is 9.04. The highest BCUT2D eigenvalue weighted by Gasteiger charge is 2.33. The molecule has 0 aliphatic heterocycles. The van der Waals surface area contributed by atoms with E-state index in [1.165, 1.54) is 18.9 Å². The summed E-state index contributed by atoms with van der Waals surface area (Å²) < 4.78 is 32.0. The van der Waals surface area contributed by atoms with E-state index in [1.54, 1.807) is 6.07 Å². The highest BCUT2D eigenvalue weighted by atomic mass is 32.2. The molecule has 2 saturated carbocycles. The Bertz CT molecular complexity index is 548. The first-order valence-corrected chi connectivity index (χ1v) is 8.34. The van der Waals surface area contributed by atoms with Gasteiger partial charge in [-0.3, -0.25) is 0 Å². The van der Waals surface area contributed by atoms with E-state index in [2.05, 4.69) is 17.0 Å². The normalized spacial score (nSPS) is 26.6. The van der Waals surface area contributed by atoms with Gasteiger partial charge in [-0.15, -0.1) is 0 Å². The third kappa shape index (κ3) is 3.38. The molecule has 2 fully saturated rings. The summed E-state index contributed by atoms with van der Waals surface area (Å²) in [6, 6.07) is 3.84. The number of sulfonamides is 1. The predicted molar refractivity (Wildman–Crippen MR) is 71.0 cm³/mol. The summed E-state index contributed by atoms with van der Waals surface area (Å²) in [6.45, 7) is 3.24. The Morgan fingerprint density at radius 3 is 2.74 bits per heavy atom. The summed E-state index contributed by atoms with van der Waals surface area (Å²) in [6.07, 6.45) is 3.51. The summed E-state index contributed by atoms with van der Waals surface area (Å²) >= 11 is 0. The number of hydrogen-bond acceptors (Lipinski definition) is 4. The van der Waals surface area contributed by atoms with Crippen molar-refractivity contribution in [3.05, 3.63) is 17.9 Å². The SMILES string of the molecule is CC1CC1CNS(=O)(=O)c1ccc(CNC2CC2)o1. The Morgan fingerprint density at radius 1 is 1.37 bits per heavy atom. The molecule has 5 nitrogen and oxygen atoms in total. The Hall–Kier alpha value is -0.850. The molecule has 106 valence electrons. The molecule has 0 radical (unpaired) electrons. The second-order valence-electron chi connectivity index (χ2n) is 5.70. The van der Waals surface area contributed by atoms with Gasteiger partial charge in [0, 0.05) is 12.6 Å². The average molecular weight is 284 g/mol. The molecule has 2 unspecified atom stereocenters. The molecular formula is C13H20N2O3S. The fourth-order valence-corrected chi connectivity index (χ4v) is 3.14. The van der Waals surface area contributed by atoms with Gasteiger partial charge in [-0.05, 0) is 43.2 Å². The molecule has 0 bridgehead atoms. The molecule has 0 amide bonds. The summed E-state index contributed by atoms with van der Waals surface area (Å²) in [4.78, 5) is 0. The van der Waals surface area contributed by atoms with Gasteiger partial charge >= 0.3 is 0 Å². The Labute approximate surface area is 113 Å². The van der Waals surface area contributed by atoms with Gasteiger partial charge in [-0.1, -0.05) is 6.92 Å². The zero-order chi connectivity index (χ0) is 13.5. The van der Waals surface area contributed by atoms with E-state index >= 15 is 0 Å².